The second-order valence-electron chi connectivity index (χ2n) is 4.62. The molecule has 0 unspecified atom stereocenters. The monoisotopic (exact) mass is 269 g/mol. The van der Waals surface area contributed by atoms with Crippen LogP contribution in [0.15, 0.2) is 12.7 Å². The van der Waals surface area contributed by atoms with Gasteiger partial charge in [-0.1, -0.05) is 6.08 Å². The molecule has 0 aromatic heterocycles. The highest BCUT2D eigenvalue weighted by Crippen LogP contribution is 2.06. The van der Waals surface area contributed by atoms with Crippen LogP contribution in [0.3, 0.4) is 0 Å². The van der Waals surface area contributed by atoms with Crippen LogP contribution in [0.2, 0.25) is 0 Å². The predicted octanol–water partition coefficient (Wildman–Crippen LogP) is 0.707. The van der Waals surface area contributed by atoms with Crippen LogP contribution in [0.5, 0.6) is 0 Å². The first-order chi connectivity index (χ1) is 9.08. The van der Waals surface area contributed by atoms with Gasteiger partial charge in [-0.3, -0.25) is 9.69 Å². The predicted molar refractivity (Wildman–Crippen MR) is 73.1 cm³/mol. The molecular formula is C13H23N3O3. The number of hydrogen-bond donors (Lipinski definition) is 1. The maximum Gasteiger partial charge on any atom is 0.320 e. The molecule has 0 atom stereocenters. The number of aliphatic carboxylic acids is 1. The van der Waals surface area contributed by atoms with Gasteiger partial charge in [0.25, 0.3) is 0 Å². The van der Waals surface area contributed by atoms with Crippen molar-refractivity contribution in [2.75, 3.05) is 45.8 Å². The van der Waals surface area contributed by atoms with E-state index in [0.717, 1.165) is 13.0 Å². The van der Waals surface area contributed by atoms with Crippen molar-refractivity contribution in [2.24, 2.45) is 0 Å². The summed E-state index contributed by atoms with van der Waals surface area (Å²) in [6, 6.07) is 0.0135. The largest absolute Gasteiger partial charge is 0.480 e. The van der Waals surface area contributed by atoms with Crippen molar-refractivity contribution in [1.29, 1.82) is 0 Å². The van der Waals surface area contributed by atoms with Crippen LogP contribution in [0.4, 0.5) is 4.79 Å². The van der Waals surface area contributed by atoms with Gasteiger partial charge < -0.3 is 14.9 Å². The van der Waals surface area contributed by atoms with E-state index in [2.05, 4.69) is 6.58 Å². The van der Waals surface area contributed by atoms with Crippen LogP contribution in [-0.2, 0) is 4.79 Å². The van der Waals surface area contributed by atoms with Gasteiger partial charge in [-0.2, -0.15) is 0 Å². The quantitative estimate of drug-likeness (QED) is 0.746. The highest BCUT2D eigenvalue weighted by atomic mass is 16.4. The normalized spacial score (nSPS) is 16.8. The molecule has 19 heavy (non-hydrogen) atoms. The van der Waals surface area contributed by atoms with E-state index in [9.17, 15) is 9.59 Å². The van der Waals surface area contributed by atoms with E-state index in [1.807, 2.05) is 11.8 Å². The summed E-state index contributed by atoms with van der Waals surface area (Å²) in [7, 11) is 0. The molecule has 0 aliphatic carbocycles. The minimum Gasteiger partial charge on any atom is -0.480 e. The molecule has 108 valence electrons. The smallest absolute Gasteiger partial charge is 0.320 e. The van der Waals surface area contributed by atoms with Gasteiger partial charge in [-0.15, -0.1) is 6.58 Å². The van der Waals surface area contributed by atoms with Crippen LogP contribution < -0.4 is 0 Å². The van der Waals surface area contributed by atoms with E-state index in [-0.39, 0.29) is 12.6 Å². The Kier molecular flexibility index (Phi) is 6.35. The van der Waals surface area contributed by atoms with Gasteiger partial charge in [-0.05, 0) is 13.3 Å². The zero-order chi connectivity index (χ0) is 14.3. The first-order valence-corrected chi connectivity index (χ1v) is 6.67. The van der Waals surface area contributed by atoms with Crippen LogP contribution in [0.1, 0.15) is 13.3 Å². The standard InChI is InChI=1S/C13H23N3O3/c1-3-6-15(4-2)13(19)16-8-5-7-14(9-10-16)11-12(17)18/h3H,1,4-11H2,2H3,(H,17,18). The molecule has 1 aliphatic rings. The molecule has 6 heteroatoms. The fourth-order valence-electron chi connectivity index (χ4n) is 2.21. The molecule has 1 heterocycles. The van der Waals surface area contributed by atoms with Gasteiger partial charge in [0.2, 0.25) is 0 Å². The Labute approximate surface area is 114 Å². The summed E-state index contributed by atoms with van der Waals surface area (Å²) in [6.45, 7) is 9.45. The van der Waals surface area contributed by atoms with E-state index in [4.69, 9.17) is 5.11 Å². The van der Waals surface area contributed by atoms with Gasteiger partial charge in [0, 0.05) is 39.3 Å². The molecule has 6 nitrogen and oxygen atoms in total. The van der Waals surface area contributed by atoms with Crippen LogP contribution >= 0.6 is 0 Å². The average molecular weight is 269 g/mol. The highest BCUT2D eigenvalue weighted by Gasteiger charge is 2.22. The number of carbonyl (C=O) groups excluding carboxylic acids is 1. The summed E-state index contributed by atoms with van der Waals surface area (Å²) < 4.78 is 0. The Bertz CT molecular complexity index is 333. The van der Waals surface area contributed by atoms with Gasteiger partial charge in [0.05, 0.1) is 6.54 Å². The van der Waals surface area contributed by atoms with Gasteiger partial charge >= 0.3 is 12.0 Å². The Morgan fingerprint density at radius 1 is 1.32 bits per heavy atom. The summed E-state index contributed by atoms with van der Waals surface area (Å²) >= 11 is 0. The van der Waals surface area contributed by atoms with Crippen molar-refractivity contribution in [2.45, 2.75) is 13.3 Å². The third kappa shape index (κ3) is 4.90. The van der Waals surface area contributed by atoms with Gasteiger partial charge in [0.15, 0.2) is 0 Å². The third-order valence-electron chi connectivity index (χ3n) is 3.22. The molecule has 1 aliphatic heterocycles. The van der Waals surface area contributed by atoms with Gasteiger partial charge in [-0.25, -0.2) is 4.79 Å². The van der Waals surface area contributed by atoms with Crippen molar-refractivity contribution in [3.05, 3.63) is 12.7 Å². The fourth-order valence-corrected chi connectivity index (χ4v) is 2.21. The molecule has 0 aromatic carbocycles. The average Bonchev–Trinajstić information content (AvgIpc) is 2.60. The number of hydrogen-bond acceptors (Lipinski definition) is 3. The molecule has 2 amide bonds. The third-order valence-corrected chi connectivity index (χ3v) is 3.22. The minimum absolute atomic E-state index is 0.0135. The van der Waals surface area contributed by atoms with Crippen LogP contribution in [0, 0.1) is 0 Å². The molecular weight excluding hydrogens is 246 g/mol. The number of amides is 2. The summed E-state index contributed by atoms with van der Waals surface area (Å²) in [5, 5.41) is 8.79. The molecule has 0 spiro atoms. The maximum absolute atomic E-state index is 12.3. The highest BCUT2D eigenvalue weighted by molar-refractivity contribution is 5.74. The summed E-state index contributed by atoms with van der Waals surface area (Å²) in [6.07, 6.45) is 2.53. The second kappa shape index (κ2) is 7.78. The Morgan fingerprint density at radius 2 is 2.05 bits per heavy atom. The first kappa shape index (κ1) is 15.5. The number of urea groups is 1. The molecule has 0 saturated carbocycles. The lowest BCUT2D eigenvalue weighted by atomic mass is 10.4. The topological polar surface area (TPSA) is 64.1 Å². The summed E-state index contributed by atoms with van der Waals surface area (Å²) in [5.41, 5.74) is 0. The summed E-state index contributed by atoms with van der Waals surface area (Å²) in [4.78, 5) is 28.4. The van der Waals surface area contributed by atoms with Crippen molar-refractivity contribution in [1.82, 2.24) is 14.7 Å². The zero-order valence-corrected chi connectivity index (χ0v) is 11.5. The Hall–Kier alpha value is -1.56. The number of rotatable bonds is 5. The number of carbonyl (C=O) groups is 2. The first-order valence-electron chi connectivity index (χ1n) is 6.67. The van der Waals surface area contributed by atoms with E-state index >= 15 is 0 Å². The maximum atomic E-state index is 12.3. The van der Waals surface area contributed by atoms with E-state index in [1.165, 1.54) is 0 Å². The molecule has 1 N–H and O–H groups in total. The van der Waals surface area contributed by atoms with Crippen LogP contribution in [-0.4, -0.2) is 77.6 Å². The Morgan fingerprint density at radius 3 is 2.63 bits per heavy atom. The minimum atomic E-state index is -0.818. The number of nitrogens with zero attached hydrogens (tertiary/aromatic N) is 3. The Balaban J connectivity index is 2.53. The number of carboxylic acid groups (broad SMARTS) is 1. The van der Waals surface area contributed by atoms with Crippen LogP contribution in [0.25, 0.3) is 0 Å². The molecule has 0 bridgehead atoms. The lowest BCUT2D eigenvalue weighted by Gasteiger charge is -2.28. The molecule has 1 rings (SSSR count). The van der Waals surface area contributed by atoms with Crippen molar-refractivity contribution in [3.63, 3.8) is 0 Å². The second-order valence-corrected chi connectivity index (χ2v) is 4.62. The number of likely N-dealkylation sites (N-methyl/N-ethyl adjacent to an activating group) is 1. The van der Waals surface area contributed by atoms with Crippen molar-refractivity contribution < 1.29 is 14.7 Å². The molecule has 1 saturated heterocycles. The lowest BCUT2D eigenvalue weighted by molar-refractivity contribution is -0.138. The van der Waals surface area contributed by atoms with Gasteiger partial charge in [0.1, 0.15) is 0 Å². The SMILES string of the molecule is C=CCN(CC)C(=O)N1CCCN(CC(=O)O)CC1. The lowest BCUT2D eigenvalue weighted by Crippen LogP contribution is -2.45. The fraction of sp³-hybridized carbons (Fsp3) is 0.692. The summed E-state index contributed by atoms with van der Waals surface area (Å²) in [5.74, 6) is -0.818. The zero-order valence-electron chi connectivity index (χ0n) is 11.5. The molecule has 0 radical (unpaired) electrons. The van der Waals surface area contributed by atoms with Crippen molar-refractivity contribution >= 4 is 12.0 Å². The van der Waals surface area contributed by atoms with E-state index in [0.29, 0.717) is 32.7 Å². The van der Waals surface area contributed by atoms with E-state index in [1.54, 1.807) is 15.9 Å². The van der Waals surface area contributed by atoms with E-state index < -0.39 is 5.97 Å². The molecule has 1 fully saturated rings. The number of carboxylic acids is 1. The molecule has 0 aromatic rings. The van der Waals surface area contributed by atoms with Crippen molar-refractivity contribution in [3.8, 4) is 0 Å².